The van der Waals surface area contributed by atoms with Crippen LogP contribution in [0.25, 0.3) is 5.69 Å². The highest BCUT2D eigenvalue weighted by Gasteiger charge is 2.18. The Morgan fingerprint density at radius 3 is 2.70 bits per heavy atom. The number of hydrogen-bond donors (Lipinski definition) is 2. The number of ether oxygens (including phenoxy) is 1. The van der Waals surface area contributed by atoms with Crippen molar-refractivity contribution in [2.75, 3.05) is 7.11 Å². The average molecular weight is 273 g/mol. The zero-order chi connectivity index (χ0) is 14.9. The number of nitriles is 1. The van der Waals surface area contributed by atoms with Gasteiger partial charge in [-0.2, -0.15) is 5.26 Å². The Balaban J connectivity index is 2.97. The Labute approximate surface area is 113 Å². The first-order chi connectivity index (χ1) is 9.51. The minimum absolute atomic E-state index is 0.0283. The fourth-order valence-corrected chi connectivity index (χ4v) is 1.83. The second-order valence-electron chi connectivity index (χ2n) is 4.01. The van der Waals surface area contributed by atoms with Crippen LogP contribution in [0.2, 0.25) is 0 Å². The normalized spacial score (nSPS) is 10.1. The molecule has 0 saturated carbocycles. The molecule has 2 rings (SSSR count). The van der Waals surface area contributed by atoms with Crippen LogP contribution in [0, 0.1) is 18.3 Å². The Hall–Kier alpha value is -3.01. The summed E-state index contributed by atoms with van der Waals surface area (Å²) < 4.78 is 5.95. The monoisotopic (exact) mass is 273 g/mol. The number of para-hydroxylation sites is 1. The van der Waals surface area contributed by atoms with Crippen LogP contribution in [-0.2, 0) is 0 Å². The maximum atomic E-state index is 11.9. The van der Waals surface area contributed by atoms with E-state index in [-0.39, 0.29) is 22.6 Å². The SMILES string of the molecule is COc1cccc(C#N)c1-n1c(O)c(C)c(=O)[nH]c1=O. The molecule has 0 bridgehead atoms. The van der Waals surface area contributed by atoms with Gasteiger partial charge in [0.15, 0.2) is 0 Å². The molecule has 0 fully saturated rings. The second-order valence-corrected chi connectivity index (χ2v) is 4.01. The van der Waals surface area contributed by atoms with Crippen LogP contribution in [0.5, 0.6) is 11.6 Å². The summed E-state index contributed by atoms with van der Waals surface area (Å²) in [5, 5.41) is 19.2. The standard InChI is InChI=1S/C13H11N3O4/c1-7-11(17)15-13(19)16(12(7)18)10-8(6-14)4-3-5-9(10)20-2/h3-5,18H,1-2H3,(H,15,17,19). The molecule has 7 nitrogen and oxygen atoms in total. The molecule has 20 heavy (non-hydrogen) atoms. The fourth-order valence-electron chi connectivity index (χ4n) is 1.83. The lowest BCUT2D eigenvalue weighted by molar-refractivity contribution is 0.400. The van der Waals surface area contributed by atoms with E-state index in [0.717, 1.165) is 4.57 Å². The smallest absolute Gasteiger partial charge is 0.335 e. The molecule has 0 saturated heterocycles. The van der Waals surface area contributed by atoms with Gasteiger partial charge in [0.1, 0.15) is 17.5 Å². The molecule has 0 unspecified atom stereocenters. The van der Waals surface area contributed by atoms with Gasteiger partial charge in [0.05, 0.1) is 18.2 Å². The summed E-state index contributed by atoms with van der Waals surface area (Å²) in [6, 6.07) is 6.52. The molecule has 7 heteroatoms. The highest BCUT2D eigenvalue weighted by atomic mass is 16.5. The lowest BCUT2D eigenvalue weighted by atomic mass is 10.1. The third-order valence-electron chi connectivity index (χ3n) is 2.87. The van der Waals surface area contributed by atoms with Crippen molar-refractivity contribution in [2.24, 2.45) is 0 Å². The molecule has 0 aliphatic carbocycles. The first-order valence-electron chi connectivity index (χ1n) is 5.63. The van der Waals surface area contributed by atoms with E-state index >= 15 is 0 Å². The fraction of sp³-hybridized carbons (Fsp3) is 0.154. The summed E-state index contributed by atoms with van der Waals surface area (Å²) in [5.74, 6) is -0.298. The topological polar surface area (TPSA) is 108 Å². The summed E-state index contributed by atoms with van der Waals surface area (Å²) in [7, 11) is 1.38. The first kappa shape index (κ1) is 13.4. The van der Waals surface area contributed by atoms with Crippen LogP contribution >= 0.6 is 0 Å². The van der Waals surface area contributed by atoms with E-state index < -0.39 is 17.1 Å². The molecule has 1 heterocycles. The van der Waals surface area contributed by atoms with Gasteiger partial charge < -0.3 is 9.84 Å². The van der Waals surface area contributed by atoms with Crippen molar-refractivity contribution in [1.29, 1.82) is 5.26 Å². The Kier molecular flexibility index (Phi) is 3.31. The van der Waals surface area contributed by atoms with E-state index in [0.29, 0.717) is 0 Å². The molecule has 0 spiro atoms. The zero-order valence-corrected chi connectivity index (χ0v) is 10.8. The van der Waals surface area contributed by atoms with E-state index in [1.165, 1.54) is 20.1 Å². The number of aromatic hydroxyl groups is 1. The van der Waals surface area contributed by atoms with Crippen molar-refractivity contribution in [1.82, 2.24) is 9.55 Å². The van der Waals surface area contributed by atoms with Gasteiger partial charge in [-0.3, -0.25) is 9.78 Å². The number of rotatable bonds is 2. The minimum atomic E-state index is -0.848. The maximum Gasteiger partial charge on any atom is 0.335 e. The van der Waals surface area contributed by atoms with E-state index in [1.54, 1.807) is 12.1 Å². The number of hydrogen-bond acceptors (Lipinski definition) is 5. The molecule has 0 aliphatic rings. The summed E-state index contributed by atoms with van der Waals surface area (Å²) in [5.41, 5.74) is -1.34. The number of methoxy groups -OCH3 is 1. The van der Waals surface area contributed by atoms with E-state index in [9.17, 15) is 14.7 Å². The van der Waals surface area contributed by atoms with E-state index in [2.05, 4.69) is 4.98 Å². The molecule has 1 aromatic carbocycles. The van der Waals surface area contributed by atoms with Gasteiger partial charge in [0, 0.05) is 0 Å². The van der Waals surface area contributed by atoms with Gasteiger partial charge in [-0.05, 0) is 19.1 Å². The Morgan fingerprint density at radius 2 is 2.10 bits per heavy atom. The minimum Gasteiger partial charge on any atom is -0.495 e. The summed E-state index contributed by atoms with van der Waals surface area (Å²) in [6.45, 7) is 1.37. The predicted octanol–water partition coefficient (Wildman–Crippen LogP) is 0.420. The van der Waals surface area contributed by atoms with Gasteiger partial charge in [-0.25, -0.2) is 9.36 Å². The van der Waals surface area contributed by atoms with Gasteiger partial charge >= 0.3 is 5.69 Å². The van der Waals surface area contributed by atoms with Crippen molar-refractivity contribution < 1.29 is 9.84 Å². The quantitative estimate of drug-likeness (QED) is 0.824. The molecule has 102 valence electrons. The Morgan fingerprint density at radius 1 is 1.40 bits per heavy atom. The highest BCUT2D eigenvalue weighted by molar-refractivity contribution is 5.59. The molecular weight excluding hydrogens is 262 g/mol. The van der Waals surface area contributed by atoms with Gasteiger partial charge in [-0.1, -0.05) is 6.07 Å². The summed E-state index contributed by atoms with van der Waals surface area (Å²) in [4.78, 5) is 25.4. The number of nitrogens with zero attached hydrogens (tertiary/aromatic N) is 2. The number of nitrogens with one attached hydrogen (secondary N) is 1. The summed E-state index contributed by atoms with van der Waals surface area (Å²) in [6.07, 6.45) is 0. The van der Waals surface area contributed by atoms with Crippen molar-refractivity contribution in [2.45, 2.75) is 6.92 Å². The molecule has 1 aromatic heterocycles. The van der Waals surface area contributed by atoms with E-state index in [4.69, 9.17) is 10.00 Å². The van der Waals surface area contributed by atoms with Crippen LogP contribution in [0.4, 0.5) is 0 Å². The highest BCUT2D eigenvalue weighted by Crippen LogP contribution is 2.28. The molecule has 0 atom stereocenters. The number of aromatic nitrogens is 2. The second kappa shape index (κ2) is 4.93. The maximum absolute atomic E-state index is 11.9. The first-order valence-corrected chi connectivity index (χ1v) is 5.63. The van der Waals surface area contributed by atoms with Crippen LogP contribution in [0.3, 0.4) is 0 Å². The number of benzene rings is 1. The van der Waals surface area contributed by atoms with Crippen molar-refractivity contribution in [3.8, 4) is 23.4 Å². The van der Waals surface area contributed by atoms with Crippen LogP contribution < -0.4 is 16.0 Å². The predicted molar refractivity (Wildman–Crippen MR) is 70.3 cm³/mol. The molecular formula is C13H11N3O4. The third kappa shape index (κ3) is 1.93. The van der Waals surface area contributed by atoms with Gasteiger partial charge in [0.2, 0.25) is 5.88 Å². The summed E-state index contributed by atoms with van der Waals surface area (Å²) >= 11 is 0. The lowest BCUT2D eigenvalue weighted by Gasteiger charge is -2.14. The molecule has 0 amide bonds. The lowest BCUT2D eigenvalue weighted by Crippen LogP contribution is -2.31. The van der Waals surface area contributed by atoms with Crippen LogP contribution in [-0.4, -0.2) is 21.8 Å². The molecule has 2 aromatic rings. The largest absolute Gasteiger partial charge is 0.495 e. The molecule has 2 N–H and O–H groups in total. The molecule has 0 aliphatic heterocycles. The third-order valence-corrected chi connectivity index (χ3v) is 2.87. The Bertz CT molecular complexity index is 827. The van der Waals surface area contributed by atoms with Crippen molar-refractivity contribution in [3.05, 3.63) is 50.2 Å². The van der Waals surface area contributed by atoms with Gasteiger partial charge in [0.25, 0.3) is 5.56 Å². The van der Waals surface area contributed by atoms with Crippen molar-refractivity contribution in [3.63, 3.8) is 0 Å². The van der Waals surface area contributed by atoms with E-state index in [1.807, 2.05) is 6.07 Å². The van der Waals surface area contributed by atoms with Gasteiger partial charge in [-0.15, -0.1) is 0 Å². The van der Waals surface area contributed by atoms with Crippen LogP contribution in [0.1, 0.15) is 11.1 Å². The molecule has 0 radical (unpaired) electrons. The van der Waals surface area contributed by atoms with Crippen LogP contribution in [0.15, 0.2) is 27.8 Å². The average Bonchev–Trinajstić information content (AvgIpc) is 2.45. The zero-order valence-electron chi connectivity index (χ0n) is 10.8. The number of aromatic amines is 1. The van der Waals surface area contributed by atoms with Crippen molar-refractivity contribution >= 4 is 0 Å². The number of H-pyrrole nitrogens is 1.